The molecule has 2 heteroatoms. The number of hydrogen-bond donors (Lipinski definition) is 0. The van der Waals surface area contributed by atoms with Gasteiger partial charge in [-0.1, -0.05) is 127 Å². The molecule has 222 valence electrons. The standard InChI is InChI=1S/C46H27NO/c1-2-11-28(12-3-1)33-24-26-39-46-44(33)36-17-5-4-16-34(36)35-20-9-13-29-23-25-38(45(46)42(29)35)47(39)31-15-8-14-30(27-31)32-19-10-22-41-43(32)37-18-6-7-21-40(37)48-41/h1-27H. The lowest BCUT2D eigenvalue weighted by atomic mass is 9.88. The highest BCUT2D eigenvalue weighted by atomic mass is 16.3. The third kappa shape index (κ3) is 3.41. The summed E-state index contributed by atoms with van der Waals surface area (Å²) in [5, 5.41) is 7.50. The van der Waals surface area contributed by atoms with E-state index in [1.807, 2.05) is 6.07 Å². The Morgan fingerprint density at radius 1 is 0.375 bits per heavy atom. The van der Waals surface area contributed by atoms with Crippen molar-refractivity contribution in [2.75, 3.05) is 0 Å². The van der Waals surface area contributed by atoms with Crippen LogP contribution in [0.3, 0.4) is 0 Å². The van der Waals surface area contributed by atoms with E-state index in [1.165, 1.54) is 77.1 Å². The zero-order chi connectivity index (χ0) is 31.3. The lowest BCUT2D eigenvalue weighted by Gasteiger charge is -2.17. The number of benzene rings is 8. The molecule has 2 aromatic heterocycles. The van der Waals surface area contributed by atoms with Crippen molar-refractivity contribution >= 4 is 54.5 Å². The van der Waals surface area contributed by atoms with Crippen LogP contribution < -0.4 is 0 Å². The summed E-state index contributed by atoms with van der Waals surface area (Å²) in [6.07, 6.45) is 0. The summed E-state index contributed by atoms with van der Waals surface area (Å²) >= 11 is 0. The minimum absolute atomic E-state index is 0.911. The zero-order valence-electron chi connectivity index (χ0n) is 25.9. The molecular weight excluding hydrogens is 583 g/mol. The van der Waals surface area contributed by atoms with Gasteiger partial charge in [-0.25, -0.2) is 0 Å². The largest absolute Gasteiger partial charge is 0.456 e. The smallest absolute Gasteiger partial charge is 0.136 e. The van der Waals surface area contributed by atoms with Gasteiger partial charge >= 0.3 is 0 Å². The van der Waals surface area contributed by atoms with Gasteiger partial charge in [0.25, 0.3) is 0 Å². The predicted molar refractivity (Wildman–Crippen MR) is 201 cm³/mol. The highest BCUT2D eigenvalue weighted by Crippen LogP contribution is 2.52. The third-order valence-corrected chi connectivity index (χ3v) is 10.3. The van der Waals surface area contributed by atoms with Crippen LogP contribution in [0, 0.1) is 0 Å². The summed E-state index contributed by atoms with van der Waals surface area (Å²) in [6, 6.07) is 59.5. The number of furan rings is 1. The maximum Gasteiger partial charge on any atom is 0.136 e. The second-order valence-electron chi connectivity index (χ2n) is 12.8. The molecule has 1 aliphatic rings. The van der Waals surface area contributed by atoms with Crippen molar-refractivity contribution in [2.24, 2.45) is 0 Å². The second kappa shape index (κ2) is 9.57. The van der Waals surface area contributed by atoms with Gasteiger partial charge in [-0.2, -0.15) is 0 Å². The minimum atomic E-state index is 0.911. The van der Waals surface area contributed by atoms with Crippen molar-refractivity contribution < 1.29 is 4.42 Å². The Bertz CT molecular complexity index is 2940. The molecule has 10 aromatic rings. The van der Waals surface area contributed by atoms with E-state index in [1.54, 1.807) is 0 Å². The van der Waals surface area contributed by atoms with Crippen molar-refractivity contribution in [2.45, 2.75) is 0 Å². The maximum atomic E-state index is 6.28. The normalized spacial score (nSPS) is 12.2. The van der Waals surface area contributed by atoms with Crippen LogP contribution in [-0.2, 0) is 0 Å². The molecule has 0 unspecified atom stereocenters. The topological polar surface area (TPSA) is 18.1 Å². The van der Waals surface area contributed by atoms with Gasteiger partial charge in [0, 0.05) is 32.8 Å². The van der Waals surface area contributed by atoms with Gasteiger partial charge in [-0.05, 0) is 86.1 Å². The molecule has 0 atom stereocenters. The Morgan fingerprint density at radius 2 is 1.06 bits per heavy atom. The van der Waals surface area contributed by atoms with Crippen molar-refractivity contribution in [3.63, 3.8) is 0 Å². The van der Waals surface area contributed by atoms with Crippen LogP contribution >= 0.6 is 0 Å². The van der Waals surface area contributed by atoms with Crippen LogP contribution in [0.15, 0.2) is 168 Å². The summed E-state index contributed by atoms with van der Waals surface area (Å²) in [5.74, 6) is 0. The second-order valence-corrected chi connectivity index (χ2v) is 12.8. The van der Waals surface area contributed by atoms with E-state index in [4.69, 9.17) is 4.42 Å². The van der Waals surface area contributed by atoms with E-state index in [9.17, 15) is 0 Å². The lowest BCUT2D eigenvalue weighted by molar-refractivity contribution is 0.669. The quantitative estimate of drug-likeness (QED) is 0.195. The number of para-hydroxylation sites is 1. The van der Waals surface area contributed by atoms with E-state index in [0.717, 1.165) is 27.6 Å². The average Bonchev–Trinajstić information content (AvgIpc) is 3.67. The Labute approximate surface area is 276 Å². The van der Waals surface area contributed by atoms with E-state index < -0.39 is 0 Å². The highest BCUT2D eigenvalue weighted by molar-refractivity contribution is 6.31. The average molecular weight is 610 g/mol. The van der Waals surface area contributed by atoms with Gasteiger partial charge in [0.15, 0.2) is 0 Å². The molecule has 0 fully saturated rings. The first-order valence-corrected chi connectivity index (χ1v) is 16.5. The molecule has 8 aromatic carbocycles. The van der Waals surface area contributed by atoms with Crippen LogP contribution in [-0.4, -0.2) is 4.57 Å². The molecule has 48 heavy (non-hydrogen) atoms. The number of nitrogens with zero attached hydrogens (tertiary/aromatic N) is 1. The Kier molecular flexibility index (Phi) is 5.14. The fraction of sp³-hybridized carbons (Fsp3) is 0. The zero-order valence-corrected chi connectivity index (χ0v) is 25.9. The summed E-state index contributed by atoms with van der Waals surface area (Å²) in [4.78, 5) is 0. The lowest BCUT2D eigenvalue weighted by Crippen LogP contribution is -1.96. The van der Waals surface area contributed by atoms with Crippen LogP contribution in [0.4, 0.5) is 0 Å². The molecule has 11 rings (SSSR count). The van der Waals surface area contributed by atoms with E-state index in [-0.39, 0.29) is 0 Å². The van der Waals surface area contributed by atoms with Crippen LogP contribution in [0.25, 0.3) is 105 Å². The van der Waals surface area contributed by atoms with Crippen molar-refractivity contribution in [3.8, 4) is 50.2 Å². The molecule has 0 spiro atoms. The summed E-state index contributed by atoms with van der Waals surface area (Å²) in [6.45, 7) is 0. The predicted octanol–water partition coefficient (Wildman–Crippen LogP) is 12.8. The van der Waals surface area contributed by atoms with Gasteiger partial charge in [0.2, 0.25) is 0 Å². The summed E-state index contributed by atoms with van der Waals surface area (Å²) in [7, 11) is 0. The van der Waals surface area contributed by atoms with Crippen LogP contribution in [0.5, 0.6) is 0 Å². The van der Waals surface area contributed by atoms with Gasteiger partial charge in [0.1, 0.15) is 11.2 Å². The molecule has 2 nitrogen and oxygen atoms in total. The van der Waals surface area contributed by atoms with E-state index in [0.29, 0.717) is 0 Å². The fourth-order valence-electron chi connectivity index (χ4n) is 8.37. The Balaban J connectivity index is 1.27. The molecule has 0 N–H and O–H groups in total. The summed E-state index contributed by atoms with van der Waals surface area (Å²) < 4.78 is 8.75. The van der Waals surface area contributed by atoms with E-state index in [2.05, 4.69) is 162 Å². The Hall–Kier alpha value is -6.38. The van der Waals surface area contributed by atoms with Crippen molar-refractivity contribution in [1.82, 2.24) is 4.57 Å². The number of rotatable bonds is 3. The first-order chi connectivity index (χ1) is 23.8. The van der Waals surface area contributed by atoms with Gasteiger partial charge in [-0.15, -0.1) is 0 Å². The molecule has 0 amide bonds. The van der Waals surface area contributed by atoms with Crippen LogP contribution in [0.1, 0.15) is 0 Å². The van der Waals surface area contributed by atoms with Gasteiger partial charge < -0.3 is 8.98 Å². The molecule has 0 radical (unpaired) electrons. The van der Waals surface area contributed by atoms with E-state index >= 15 is 0 Å². The van der Waals surface area contributed by atoms with Gasteiger partial charge in [-0.3, -0.25) is 0 Å². The SMILES string of the molecule is c1ccc(-c2ccc3c4c2-c2ccccc2-c2cccc5ccc(c4c25)n3-c2cccc(-c3cccc4oc5ccccc5c34)c2)cc1. The van der Waals surface area contributed by atoms with Crippen molar-refractivity contribution in [3.05, 3.63) is 164 Å². The molecule has 0 saturated heterocycles. The highest BCUT2D eigenvalue weighted by Gasteiger charge is 2.27. The molecule has 0 aliphatic heterocycles. The third-order valence-electron chi connectivity index (χ3n) is 10.3. The fourth-order valence-corrected chi connectivity index (χ4v) is 8.37. The summed E-state index contributed by atoms with van der Waals surface area (Å²) in [5.41, 5.74) is 15.4. The molecule has 0 bridgehead atoms. The van der Waals surface area contributed by atoms with Gasteiger partial charge in [0.05, 0.1) is 11.0 Å². The van der Waals surface area contributed by atoms with Crippen LogP contribution in [0.2, 0.25) is 0 Å². The minimum Gasteiger partial charge on any atom is -0.456 e. The van der Waals surface area contributed by atoms with Crippen molar-refractivity contribution in [1.29, 1.82) is 0 Å². The molecule has 0 saturated carbocycles. The first-order valence-electron chi connectivity index (χ1n) is 16.5. The molecule has 1 aliphatic carbocycles. The Morgan fingerprint density at radius 3 is 2.00 bits per heavy atom. The number of fused-ring (bicyclic) bond motifs is 6. The maximum absolute atomic E-state index is 6.28. The number of aromatic nitrogens is 1. The monoisotopic (exact) mass is 609 g/mol. The molecule has 2 heterocycles. The number of hydrogen-bond acceptors (Lipinski definition) is 1. The first kappa shape index (κ1) is 25.8. The molecular formula is C46H27NO.